The van der Waals surface area contributed by atoms with Crippen LogP contribution >= 0.6 is 0 Å². The van der Waals surface area contributed by atoms with Crippen LogP contribution < -0.4 is 0 Å². The number of hydrogen-bond acceptors (Lipinski definition) is 3. The molecule has 0 heterocycles. The van der Waals surface area contributed by atoms with E-state index in [4.69, 9.17) is 0 Å². The fraction of sp³-hybridized carbons (Fsp3) is 0.667. The first kappa shape index (κ1) is 13.9. The predicted octanol–water partition coefficient (Wildman–Crippen LogP) is 2.65. The Balaban J connectivity index is 3.55. The molecule has 15 heavy (non-hydrogen) atoms. The molecule has 0 atom stereocenters. The molecule has 0 saturated heterocycles. The summed E-state index contributed by atoms with van der Waals surface area (Å²) >= 11 is 0. The monoisotopic (exact) mass is 212 g/mol. The number of ether oxygens (including phenoxy) is 1. The summed E-state index contributed by atoms with van der Waals surface area (Å²) in [6.07, 6.45) is 5.10. The Kier molecular flexibility index (Phi) is 7.60. The number of allylic oxidation sites excluding steroid dienone is 2. The molecular formula is C12H20O3. The quantitative estimate of drug-likeness (QED) is 0.282. The molecule has 0 fully saturated rings. The van der Waals surface area contributed by atoms with E-state index in [0.29, 0.717) is 6.42 Å². The summed E-state index contributed by atoms with van der Waals surface area (Å²) in [7, 11) is 0. The Hall–Kier alpha value is -1.12. The molecule has 0 aliphatic rings. The van der Waals surface area contributed by atoms with E-state index in [2.05, 4.69) is 10.8 Å². The third-order valence-electron chi connectivity index (χ3n) is 1.91. The fourth-order valence-electron chi connectivity index (χ4n) is 1.13. The van der Waals surface area contributed by atoms with Gasteiger partial charge in [-0.2, -0.15) is 0 Å². The van der Waals surface area contributed by atoms with E-state index in [1.54, 1.807) is 6.92 Å². The van der Waals surface area contributed by atoms with Gasteiger partial charge < -0.3 is 4.74 Å². The van der Waals surface area contributed by atoms with Crippen molar-refractivity contribution >= 4 is 11.8 Å². The van der Waals surface area contributed by atoms with E-state index in [-0.39, 0.29) is 6.61 Å². The lowest BCUT2D eigenvalue weighted by atomic mass is 10.1. The van der Waals surface area contributed by atoms with Gasteiger partial charge in [-0.3, -0.25) is 4.79 Å². The van der Waals surface area contributed by atoms with Crippen molar-refractivity contribution in [2.75, 3.05) is 6.61 Å². The number of unbranched alkanes of at least 4 members (excludes halogenated alkanes) is 2. The Morgan fingerprint density at radius 2 is 1.87 bits per heavy atom. The van der Waals surface area contributed by atoms with Crippen molar-refractivity contribution in [2.45, 2.75) is 46.5 Å². The lowest BCUT2D eigenvalue weighted by Gasteiger charge is -2.00. The summed E-state index contributed by atoms with van der Waals surface area (Å²) in [5.41, 5.74) is 1.28. The number of esters is 1. The van der Waals surface area contributed by atoms with Gasteiger partial charge in [-0.05, 0) is 40.0 Å². The maximum atomic E-state index is 11.1. The van der Waals surface area contributed by atoms with Crippen LogP contribution in [0.5, 0.6) is 0 Å². The van der Waals surface area contributed by atoms with Crippen LogP contribution in [0.3, 0.4) is 0 Å². The number of Topliss-reactive ketones (excluding diaryl/α,β-unsaturated/α-hetero) is 1. The summed E-state index contributed by atoms with van der Waals surface area (Å²) in [6.45, 7) is 6.05. The normalized spacial score (nSPS) is 9.53. The minimum Gasteiger partial charge on any atom is -0.460 e. The fourth-order valence-corrected chi connectivity index (χ4v) is 1.13. The van der Waals surface area contributed by atoms with E-state index >= 15 is 0 Å². The minimum atomic E-state index is -0.695. The Morgan fingerprint density at radius 3 is 2.40 bits per heavy atom. The molecule has 0 unspecified atom stereocenters. The average molecular weight is 212 g/mol. The number of carbonyl (C=O) groups excluding carboxylic acids is 2. The molecule has 0 aliphatic heterocycles. The van der Waals surface area contributed by atoms with Gasteiger partial charge >= 0.3 is 5.97 Å². The SMILES string of the molecule is CCOC(=O)C(=O)CCCCC=C(C)C. The van der Waals surface area contributed by atoms with Gasteiger partial charge in [0.1, 0.15) is 0 Å². The van der Waals surface area contributed by atoms with Gasteiger partial charge in [-0.1, -0.05) is 11.6 Å². The second-order valence-corrected chi connectivity index (χ2v) is 3.67. The number of rotatable bonds is 7. The highest BCUT2D eigenvalue weighted by Gasteiger charge is 2.13. The summed E-state index contributed by atoms with van der Waals surface area (Å²) in [5.74, 6) is -1.10. The highest BCUT2D eigenvalue weighted by Crippen LogP contribution is 2.04. The highest BCUT2D eigenvalue weighted by atomic mass is 16.5. The van der Waals surface area contributed by atoms with Crippen LogP contribution in [-0.4, -0.2) is 18.4 Å². The molecule has 3 nitrogen and oxygen atoms in total. The molecule has 0 aromatic carbocycles. The van der Waals surface area contributed by atoms with Gasteiger partial charge in [-0.25, -0.2) is 4.79 Å². The lowest BCUT2D eigenvalue weighted by Crippen LogP contribution is -2.16. The van der Waals surface area contributed by atoms with E-state index in [1.807, 2.05) is 13.8 Å². The van der Waals surface area contributed by atoms with Crippen molar-refractivity contribution in [3.63, 3.8) is 0 Å². The molecular weight excluding hydrogens is 192 g/mol. The summed E-state index contributed by atoms with van der Waals surface area (Å²) in [6, 6.07) is 0. The van der Waals surface area contributed by atoms with Crippen LogP contribution in [0.4, 0.5) is 0 Å². The predicted molar refractivity (Wildman–Crippen MR) is 59.5 cm³/mol. The van der Waals surface area contributed by atoms with Crippen molar-refractivity contribution in [2.24, 2.45) is 0 Å². The largest absolute Gasteiger partial charge is 0.460 e. The molecule has 0 bridgehead atoms. The molecule has 3 heteroatoms. The van der Waals surface area contributed by atoms with E-state index in [0.717, 1.165) is 19.3 Å². The van der Waals surface area contributed by atoms with Crippen LogP contribution in [0.15, 0.2) is 11.6 Å². The smallest absolute Gasteiger partial charge is 0.374 e. The van der Waals surface area contributed by atoms with Gasteiger partial charge in [-0.15, -0.1) is 0 Å². The van der Waals surface area contributed by atoms with E-state index in [1.165, 1.54) is 5.57 Å². The van der Waals surface area contributed by atoms with Crippen LogP contribution in [-0.2, 0) is 14.3 Å². The van der Waals surface area contributed by atoms with Crippen LogP contribution in [0.2, 0.25) is 0 Å². The van der Waals surface area contributed by atoms with Gasteiger partial charge in [0.25, 0.3) is 0 Å². The molecule has 0 aromatic heterocycles. The van der Waals surface area contributed by atoms with Gasteiger partial charge in [0, 0.05) is 6.42 Å². The second kappa shape index (κ2) is 8.21. The summed E-state index contributed by atoms with van der Waals surface area (Å²) < 4.78 is 4.60. The van der Waals surface area contributed by atoms with Crippen molar-refractivity contribution in [3.8, 4) is 0 Å². The van der Waals surface area contributed by atoms with E-state index < -0.39 is 11.8 Å². The number of hydrogen-bond donors (Lipinski definition) is 0. The summed E-state index contributed by atoms with van der Waals surface area (Å²) in [5, 5.41) is 0. The average Bonchev–Trinajstić information content (AvgIpc) is 2.16. The molecule has 0 aliphatic carbocycles. The van der Waals surface area contributed by atoms with Crippen molar-refractivity contribution in [1.29, 1.82) is 0 Å². The number of carbonyl (C=O) groups is 2. The molecule has 0 radical (unpaired) electrons. The maximum absolute atomic E-state index is 11.1. The first-order valence-electron chi connectivity index (χ1n) is 5.41. The maximum Gasteiger partial charge on any atom is 0.374 e. The summed E-state index contributed by atoms with van der Waals surface area (Å²) in [4.78, 5) is 22.1. The molecule has 0 N–H and O–H groups in total. The third-order valence-corrected chi connectivity index (χ3v) is 1.91. The highest BCUT2D eigenvalue weighted by molar-refractivity contribution is 6.33. The van der Waals surface area contributed by atoms with Gasteiger partial charge in [0.15, 0.2) is 0 Å². The topological polar surface area (TPSA) is 43.4 Å². The first-order valence-corrected chi connectivity index (χ1v) is 5.41. The van der Waals surface area contributed by atoms with Gasteiger partial charge in [0.2, 0.25) is 5.78 Å². The van der Waals surface area contributed by atoms with Crippen molar-refractivity contribution in [3.05, 3.63) is 11.6 Å². The Morgan fingerprint density at radius 1 is 1.20 bits per heavy atom. The van der Waals surface area contributed by atoms with Crippen LogP contribution in [0.1, 0.15) is 46.5 Å². The third kappa shape index (κ3) is 7.91. The zero-order valence-corrected chi connectivity index (χ0v) is 9.84. The van der Waals surface area contributed by atoms with E-state index in [9.17, 15) is 9.59 Å². The zero-order chi connectivity index (χ0) is 11.7. The molecule has 0 rings (SSSR count). The first-order chi connectivity index (χ1) is 7.07. The van der Waals surface area contributed by atoms with Gasteiger partial charge in [0.05, 0.1) is 6.61 Å². The zero-order valence-electron chi connectivity index (χ0n) is 9.84. The Labute approximate surface area is 91.5 Å². The molecule has 0 saturated carbocycles. The Bertz CT molecular complexity index is 237. The molecule has 0 amide bonds. The lowest BCUT2D eigenvalue weighted by molar-refractivity contribution is -0.153. The van der Waals surface area contributed by atoms with Crippen LogP contribution in [0.25, 0.3) is 0 Å². The second-order valence-electron chi connectivity index (χ2n) is 3.67. The minimum absolute atomic E-state index is 0.266. The van der Waals surface area contributed by atoms with Crippen LogP contribution in [0, 0.1) is 0 Å². The molecule has 0 spiro atoms. The standard InChI is InChI=1S/C12H20O3/c1-4-15-12(14)11(13)9-7-5-6-8-10(2)3/h8H,4-7,9H2,1-3H3. The number of ketones is 1. The molecule has 0 aromatic rings. The molecule has 86 valence electrons. The van der Waals surface area contributed by atoms with Crippen molar-refractivity contribution < 1.29 is 14.3 Å². The van der Waals surface area contributed by atoms with Crippen molar-refractivity contribution in [1.82, 2.24) is 0 Å².